The maximum absolute atomic E-state index is 12.3. The van der Waals surface area contributed by atoms with E-state index >= 15 is 0 Å². The van der Waals surface area contributed by atoms with Crippen LogP contribution in [0, 0.1) is 5.92 Å². The molecule has 0 radical (unpaired) electrons. The van der Waals surface area contributed by atoms with Crippen molar-refractivity contribution in [3.05, 3.63) is 54.0 Å². The minimum atomic E-state index is 0.0134. The Morgan fingerprint density at radius 1 is 1.29 bits per heavy atom. The summed E-state index contributed by atoms with van der Waals surface area (Å²) in [5.74, 6) is 1.37. The number of carbonyl (C=O) groups excluding carboxylic acids is 2. The lowest BCUT2D eigenvalue weighted by molar-refractivity contribution is -0.122. The number of nitrogens with zero attached hydrogens (tertiary/aromatic N) is 1. The Bertz CT molecular complexity index is 754. The van der Waals surface area contributed by atoms with Crippen molar-refractivity contribution in [2.24, 2.45) is 5.92 Å². The van der Waals surface area contributed by atoms with E-state index in [2.05, 4.69) is 5.32 Å². The van der Waals surface area contributed by atoms with Crippen LogP contribution >= 0.6 is 0 Å². The molecular weight excluding hydrogens is 304 g/mol. The highest BCUT2D eigenvalue weighted by molar-refractivity contribution is 5.95. The van der Waals surface area contributed by atoms with Gasteiger partial charge in [-0.3, -0.25) is 9.59 Å². The van der Waals surface area contributed by atoms with E-state index in [1.54, 1.807) is 6.26 Å². The molecule has 2 aromatic rings. The number of hydrogen-bond donors (Lipinski definition) is 1. The standard InChI is InChI=1S/C19H20N2O3/c22-18-7-2-8-21(18)14-5-1-4-13(10-14)12-20-19(23)16-11-15(16)17-6-3-9-24-17/h1,3-6,9-10,15-16H,2,7-8,11-12H2,(H,20,23)/t15-,16+/m0/s1. The molecule has 4 rings (SSSR count). The van der Waals surface area contributed by atoms with E-state index in [4.69, 9.17) is 4.42 Å². The van der Waals surface area contributed by atoms with Crippen LogP contribution in [0.2, 0.25) is 0 Å². The molecule has 2 heterocycles. The highest BCUT2D eigenvalue weighted by Crippen LogP contribution is 2.47. The van der Waals surface area contributed by atoms with Crippen LogP contribution in [-0.4, -0.2) is 18.4 Å². The van der Waals surface area contributed by atoms with Crippen molar-refractivity contribution in [1.29, 1.82) is 0 Å². The Kier molecular flexibility index (Phi) is 3.84. The van der Waals surface area contributed by atoms with Crippen LogP contribution in [0.5, 0.6) is 0 Å². The first-order valence-electron chi connectivity index (χ1n) is 8.43. The van der Waals surface area contributed by atoms with E-state index in [1.165, 1.54) is 0 Å². The Labute approximate surface area is 140 Å². The van der Waals surface area contributed by atoms with E-state index in [9.17, 15) is 9.59 Å². The van der Waals surface area contributed by atoms with Crippen molar-refractivity contribution in [2.45, 2.75) is 31.7 Å². The quantitative estimate of drug-likeness (QED) is 0.920. The fourth-order valence-electron chi connectivity index (χ4n) is 3.38. The maximum Gasteiger partial charge on any atom is 0.227 e. The van der Waals surface area contributed by atoms with Gasteiger partial charge >= 0.3 is 0 Å². The number of amides is 2. The topological polar surface area (TPSA) is 62.6 Å². The summed E-state index contributed by atoms with van der Waals surface area (Å²) in [5.41, 5.74) is 1.93. The van der Waals surface area contributed by atoms with Crippen LogP contribution in [0.1, 0.15) is 36.5 Å². The summed E-state index contributed by atoms with van der Waals surface area (Å²) in [5, 5.41) is 3.00. The predicted molar refractivity (Wildman–Crippen MR) is 89.4 cm³/mol. The molecular formula is C19H20N2O3. The fourth-order valence-corrected chi connectivity index (χ4v) is 3.38. The molecule has 2 fully saturated rings. The SMILES string of the molecule is O=C(NCc1cccc(N2CCCC2=O)c1)[C@@H]1C[C@@H]1c1ccco1. The number of carbonyl (C=O) groups is 2. The van der Waals surface area contributed by atoms with Gasteiger partial charge in [0.25, 0.3) is 0 Å². The van der Waals surface area contributed by atoms with Crippen molar-refractivity contribution in [2.75, 3.05) is 11.4 Å². The zero-order valence-electron chi connectivity index (χ0n) is 13.4. The minimum absolute atomic E-state index is 0.0134. The van der Waals surface area contributed by atoms with Gasteiger partial charge in [-0.1, -0.05) is 12.1 Å². The van der Waals surface area contributed by atoms with E-state index in [0.29, 0.717) is 13.0 Å². The second-order valence-electron chi connectivity index (χ2n) is 6.50. The van der Waals surface area contributed by atoms with Gasteiger partial charge in [0.05, 0.1) is 6.26 Å². The molecule has 1 aromatic carbocycles. The molecule has 1 aliphatic carbocycles. The summed E-state index contributed by atoms with van der Waals surface area (Å²) in [4.78, 5) is 25.9. The van der Waals surface area contributed by atoms with Gasteiger partial charge in [0.1, 0.15) is 5.76 Å². The first-order valence-corrected chi connectivity index (χ1v) is 8.43. The number of furan rings is 1. The molecule has 0 bridgehead atoms. The van der Waals surface area contributed by atoms with Crippen LogP contribution in [0.3, 0.4) is 0 Å². The third-order valence-electron chi connectivity index (χ3n) is 4.80. The molecule has 1 aromatic heterocycles. The largest absolute Gasteiger partial charge is 0.469 e. The average Bonchev–Trinajstić information content (AvgIpc) is 3.00. The molecule has 5 nitrogen and oxygen atoms in total. The number of nitrogens with one attached hydrogen (secondary N) is 1. The van der Waals surface area contributed by atoms with Crippen LogP contribution < -0.4 is 10.2 Å². The average molecular weight is 324 g/mol. The summed E-state index contributed by atoms with van der Waals surface area (Å²) < 4.78 is 5.37. The zero-order valence-corrected chi connectivity index (χ0v) is 13.4. The first kappa shape index (κ1) is 15.0. The molecule has 2 amide bonds. The fraction of sp³-hybridized carbons (Fsp3) is 0.368. The Balaban J connectivity index is 1.35. The molecule has 5 heteroatoms. The van der Waals surface area contributed by atoms with Gasteiger partial charge in [0.15, 0.2) is 0 Å². The van der Waals surface area contributed by atoms with Gasteiger partial charge in [-0.15, -0.1) is 0 Å². The summed E-state index contributed by atoms with van der Waals surface area (Å²) in [6, 6.07) is 11.6. The van der Waals surface area contributed by atoms with Gasteiger partial charge in [0, 0.05) is 37.0 Å². The number of benzene rings is 1. The highest BCUT2D eigenvalue weighted by Gasteiger charge is 2.45. The number of hydrogen-bond acceptors (Lipinski definition) is 3. The Morgan fingerprint density at radius 3 is 2.96 bits per heavy atom. The zero-order chi connectivity index (χ0) is 16.5. The lowest BCUT2D eigenvalue weighted by atomic mass is 10.1. The monoisotopic (exact) mass is 324 g/mol. The normalized spacial score (nSPS) is 22.7. The molecule has 1 N–H and O–H groups in total. The van der Waals surface area contributed by atoms with Gasteiger partial charge in [-0.25, -0.2) is 0 Å². The summed E-state index contributed by atoms with van der Waals surface area (Å²) in [6.45, 7) is 1.26. The summed E-state index contributed by atoms with van der Waals surface area (Å²) in [6.07, 6.45) is 4.03. The van der Waals surface area contributed by atoms with E-state index in [-0.39, 0.29) is 23.7 Å². The van der Waals surface area contributed by atoms with Crippen molar-refractivity contribution >= 4 is 17.5 Å². The van der Waals surface area contributed by atoms with Crippen LogP contribution in [0.15, 0.2) is 47.1 Å². The van der Waals surface area contributed by atoms with E-state index < -0.39 is 0 Å². The van der Waals surface area contributed by atoms with Crippen LogP contribution in [0.4, 0.5) is 5.69 Å². The lowest BCUT2D eigenvalue weighted by Crippen LogP contribution is -2.26. The second-order valence-corrected chi connectivity index (χ2v) is 6.50. The third kappa shape index (κ3) is 2.94. The predicted octanol–water partition coefficient (Wildman–Crippen LogP) is 2.83. The molecule has 124 valence electrons. The molecule has 2 atom stereocenters. The second kappa shape index (κ2) is 6.15. The van der Waals surface area contributed by atoms with Crippen molar-refractivity contribution in [1.82, 2.24) is 5.32 Å². The summed E-state index contributed by atoms with van der Waals surface area (Å²) >= 11 is 0. The van der Waals surface area contributed by atoms with Gasteiger partial charge in [-0.2, -0.15) is 0 Å². The van der Waals surface area contributed by atoms with Crippen molar-refractivity contribution in [3.8, 4) is 0 Å². The van der Waals surface area contributed by atoms with E-state index in [0.717, 1.165) is 36.4 Å². The smallest absolute Gasteiger partial charge is 0.227 e. The van der Waals surface area contributed by atoms with Gasteiger partial charge < -0.3 is 14.6 Å². The van der Waals surface area contributed by atoms with Crippen LogP contribution in [-0.2, 0) is 16.1 Å². The van der Waals surface area contributed by atoms with Gasteiger partial charge in [-0.05, 0) is 42.7 Å². The number of rotatable bonds is 5. The van der Waals surface area contributed by atoms with E-state index in [1.807, 2.05) is 41.3 Å². The first-order chi connectivity index (χ1) is 11.7. The summed E-state index contributed by atoms with van der Waals surface area (Å²) in [7, 11) is 0. The lowest BCUT2D eigenvalue weighted by Gasteiger charge is -2.16. The molecule has 1 saturated heterocycles. The molecule has 0 spiro atoms. The van der Waals surface area contributed by atoms with Gasteiger partial charge in [0.2, 0.25) is 11.8 Å². The van der Waals surface area contributed by atoms with Crippen LogP contribution in [0.25, 0.3) is 0 Å². The Hall–Kier alpha value is -2.56. The minimum Gasteiger partial charge on any atom is -0.469 e. The Morgan fingerprint density at radius 2 is 2.21 bits per heavy atom. The molecule has 2 aliphatic rings. The molecule has 0 unspecified atom stereocenters. The number of anilines is 1. The molecule has 1 saturated carbocycles. The molecule has 24 heavy (non-hydrogen) atoms. The van der Waals surface area contributed by atoms with Crippen molar-refractivity contribution in [3.63, 3.8) is 0 Å². The highest BCUT2D eigenvalue weighted by atomic mass is 16.3. The van der Waals surface area contributed by atoms with Crippen molar-refractivity contribution < 1.29 is 14.0 Å². The maximum atomic E-state index is 12.3. The third-order valence-corrected chi connectivity index (χ3v) is 4.80. The molecule has 1 aliphatic heterocycles.